The average Bonchev–Trinajstić information content (AvgIpc) is 2.70. The number of nitrogens with zero attached hydrogens (tertiary/aromatic N) is 3. The standard InChI is InChI=1S/C14H25N3O2/c1-7-19-13(18)11-10-12(14(2,3)4)15-17(11)9-8-16(5)6/h10H,7-9H2,1-6H3. The first-order chi connectivity index (χ1) is 8.75. The third kappa shape index (κ3) is 4.35. The van der Waals surface area contributed by atoms with Crippen LogP contribution in [-0.4, -0.2) is 47.9 Å². The topological polar surface area (TPSA) is 47.4 Å². The molecule has 0 saturated heterocycles. The molecule has 5 nitrogen and oxygen atoms in total. The van der Waals surface area contributed by atoms with E-state index in [0.717, 1.165) is 12.2 Å². The van der Waals surface area contributed by atoms with Crippen LogP contribution in [0.25, 0.3) is 0 Å². The number of likely N-dealkylation sites (N-methyl/N-ethyl adjacent to an activating group) is 1. The van der Waals surface area contributed by atoms with Crippen molar-refractivity contribution >= 4 is 5.97 Å². The Hall–Kier alpha value is -1.36. The Morgan fingerprint density at radius 3 is 2.53 bits per heavy atom. The highest BCUT2D eigenvalue weighted by atomic mass is 16.5. The summed E-state index contributed by atoms with van der Waals surface area (Å²) in [5.41, 5.74) is 1.37. The number of esters is 1. The van der Waals surface area contributed by atoms with Crippen LogP contribution in [0, 0.1) is 0 Å². The van der Waals surface area contributed by atoms with Crippen molar-refractivity contribution in [1.29, 1.82) is 0 Å². The summed E-state index contributed by atoms with van der Waals surface area (Å²) >= 11 is 0. The first-order valence-electron chi connectivity index (χ1n) is 6.66. The number of ether oxygens (including phenoxy) is 1. The maximum Gasteiger partial charge on any atom is 0.356 e. The lowest BCUT2D eigenvalue weighted by molar-refractivity contribution is 0.0511. The molecule has 0 fully saturated rings. The van der Waals surface area contributed by atoms with E-state index >= 15 is 0 Å². The van der Waals surface area contributed by atoms with Gasteiger partial charge in [-0.15, -0.1) is 0 Å². The normalized spacial score (nSPS) is 11.9. The molecule has 5 heteroatoms. The highest BCUT2D eigenvalue weighted by molar-refractivity contribution is 5.87. The smallest absolute Gasteiger partial charge is 0.356 e. The summed E-state index contributed by atoms with van der Waals surface area (Å²) in [6.45, 7) is 9.95. The largest absolute Gasteiger partial charge is 0.461 e. The number of rotatable bonds is 5. The molecule has 0 radical (unpaired) electrons. The van der Waals surface area contributed by atoms with E-state index in [1.807, 2.05) is 27.1 Å². The molecule has 0 unspecified atom stereocenters. The minimum Gasteiger partial charge on any atom is -0.461 e. The van der Waals surface area contributed by atoms with Crippen molar-refractivity contribution in [2.24, 2.45) is 0 Å². The van der Waals surface area contributed by atoms with Gasteiger partial charge < -0.3 is 9.64 Å². The summed E-state index contributed by atoms with van der Waals surface area (Å²) < 4.78 is 6.84. The molecular formula is C14H25N3O2. The maximum absolute atomic E-state index is 12.0. The molecule has 1 heterocycles. The monoisotopic (exact) mass is 267 g/mol. The maximum atomic E-state index is 12.0. The van der Waals surface area contributed by atoms with Crippen molar-refractivity contribution in [3.8, 4) is 0 Å². The Labute approximate surface area is 115 Å². The van der Waals surface area contributed by atoms with Crippen LogP contribution in [0.4, 0.5) is 0 Å². The SMILES string of the molecule is CCOC(=O)c1cc(C(C)(C)C)nn1CCN(C)C. The average molecular weight is 267 g/mol. The van der Waals surface area contributed by atoms with E-state index in [0.29, 0.717) is 18.8 Å². The van der Waals surface area contributed by atoms with Gasteiger partial charge in [-0.3, -0.25) is 4.68 Å². The van der Waals surface area contributed by atoms with E-state index in [2.05, 4.69) is 30.8 Å². The second-order valence-corrected chi connectivity index (χ2v) is 5.91. The van der Waals surface area contributed by atoms with E-state index in [9.17, 15) is 4.79 Å². The first-order valence-corrected chi connectivity index (χ1v) is 6.66. The van der Waals surface area contributed by atoms with Crippen LogP contribution in [0.1, 0.15) is 43.9 Å². The van der Waals surface area contributed by atoms with Gasteiger partial charge in [-0.05, 0) is 27.1 Å². The molecule has 0 aromatic carbocycles. The van der Waals surface area contributed by atoms with Crippen molar-refractivity contribution in [1.82, 2.24) is 14.7 Å². The fourth-order valence-corrected chi connectivity index (χ4v) is 1.62. The third-order valence-corrected chi connectivity index (χ3v) is 2.79. The lowest BCUT2D eigenvalue weighted by Crippen LogP contribution is -2.22. The molecule has 0 aliphatic carbocycles. The highest BCUT2D eigenvalue weighted by Crippen LogP contribution is 2.22. The van der Waals surface area contributed by atoms with E-state index in [-0.39, 0.29) is 11.4 Å². The van der Waals surface area contributed by atoms with Crippen molar-refractivity contribution in [2.45, 2.75) is 39.7 Å². The van der Waals surface area contributed by atoms with Gasteiger partial charge in [-0.2, -0.15) is 5.10 Å². The molecular weight excluding hydrogens is 242 g/mol. The van der Waals surface area contributed by atoms with E-state index in [1.165, 1.54) is 0 Å². The summed E-state index contributed by atoms with van der Waals surface area (Å²) in [4.78, 5) is 14.0. The number of hydrogen-bond acceptors (Lipinski definition) is 4. The van der Waals surface area contributed by atoms with Crippen LogP contribution in [0.15, 0.2) is 6.07 Å². The quantitative estimate of drug-likeness (QED) is 0.765. The number of aromatic nitrogens is 2. The van der Waals surface area contributed by atoms with Gasteiger partial charge in [0.1, 0.15) is 5.69 Å². The van der Waals surface area contributed by atoms with Gasteiger partial charge in [0.05, 0.1) is 18.8 Å². The molecule has 108 valence electrons. The van der Waals surface area contributed by atoms with Gasteiger partial charge in [0.15, 0.2) is 0 Å². The van der Waals surface area contributed by atoms with Crippen LogP contribution < -0.4 is 0 Å². The molecule has 0 amide bonds. The van der Waals surface area contributed by atoms with Crippen LogP contribution in [0.5, 0.6) is 0 Å². The molecule has 0 spiro atoms. The van der Waals surface area contributed by atoms with Crippen molar-refractivity contribution in [3.05, 3.63) is 17.5 Å². The van der Waals surface area contributed by atoms with Crippen LogP contribution in [0.3, 0.4) is 0 Å². The number of carbonyl (C=O) groups is 1. The second-order valence-electron chi connectivity index (χ2n) is 5.91. The zero-order valence-electron chi connectivity index (χ0n) is 12.9. The van der Waals surface area contributed by atoms with Gasteiger partial charge in [-0.25, -0.2) is 4.79 Å². The number of carbonyl (C=O) groups excluding carboxylic acids is 1. The second kappa shape index (κ2) is 6.19. The third-order valence-electron chi connectivity index (χ3n) is 2.79. The first kappa shape index (κ1) is 15.7. The molecule has 1 aromatic rings. The fraction of sp³-hybridized carbons (Fsp3) is 0.714. The van der Waals surface area contributed by atoms with Crippen molar-refractivity contribution in [3.63, 3.8) is 0 Å². The van der Waals surface area contributed by atoms with Gasteiger partial charge >= 0.3 is 5.97 Å². The summed E-state index contributed by atoms with van der Waals surface area (Å²) in [5, 5.41) is 4.55. The van der Waals surface area contributed by atoms with Gasteiger partial charge in [0.2, 0.25) is 0 Å². The molecule has 1 rings (SSSR count). The van der Waals surface area contributed by atoms with Gasteiger partial charge in [0.25, 0.3) is 0 Å². The molecule has 19 heavy (non-hydrogen) atoms. The Kier molecular flexibility index (Phi) is 5.11. The van der Waals surface area contributed by atoms with Gasteiger partial charge in [-0.1, -0.05) is 20.8 Å². The zero-order chi connectivity index (χ0) is 14.6. The summed E-state index contributed by atoms with van der Waals surface area (Å²) in [7, 11) is 4.00. The minimum atomic E-state index is -0.302. The predicted molar refractivity (Wildman–Crippen MR) is 75.4 cm³/mol. The predicted octanol–water partition coefficient (Wildman–Crippen LogP) is 1.92. The summed E-state index contributed by atoms with van der Waals surface area (Å²) in [6.07, 6.45) is 0. The lowest BCUT2D eigenvalue weighted by Gasteiger charge is -2.14. The minimum absolute atomic E-state index is 0.0788. The van der Waals surface area contributed by atoms with E-state index in [1.54, 1.807) is 4.68 Å². The molecule has 0 saturated carbocycles. The molecule has 0 aliphatic rings. The van der Waals surface area contributed by atoms with Crippen LogP contribution in [-0.2, 0) is 16.7 Å². The Balaban J connectivity index is 3.04. The van der Waals surface area contributed by atoms with Crippen LogP contribution in [0.2, 0.25) is 0 Å². The molecule has 0 N–H and O–H groups in total. The van der Waals surface area contributed by atoms with Crippen molar-refractivity contribution in [2.75, 3.05) is 27.2 Å². The molecule has 0 aliphatic heterocycles. The fourth-order valence-electron chi connectivity index (χ4n) is 1.62. The van der Waals surface area contributed by atoms with Crippen LogP contribution >= 0.6 is 0 Å². The van der Waals surface area contributed by atoms with Gasteiger partial charge in [0, 0.05) is 12.0 Å². The van der Waals surface area contributed by atoms with E-state index < -0.39 is 0 Å². The van der Waals surface area contributed by atoms with E-state index in [4.69, 9.17) is 4.74 Å². The summed E-state index contributed by atoms with van der Waals surface area (Å²) in [6, 6.07) is 1.84. The van der Waals surface area contributed by atoms with Crippen molar-refractivity contribution < 1.29 is 9.53 Å². The lowest BCUT2D eigenvalue weighted by atomic mass is 9.92. The zero-order valence-corrected chi connectivity index (χ0v) is 12.9. The summed E-state index contributed by atoms with van der Waals surface area (Å²) in [5.74, 6) is -0.302. The molecule has 0 bridgehead atoms. The Morgan fingerprint density at radius 2 is 2.05 bits per heavy atom. The molecule has 1 aromatic heterocycles. The molecule has 0 atom stereocenters. The Morgan fingerprint density at radius 1 is 1.42 bits per heavy atom. The highest BCUT2D eigenvalue weighted by Gasteiger charge is 2.23. The Bertz CT molecular complexity index is 430. The number of hydrogen-bond donors (Lipinski definition) is 0.